The zero-order valence-electron chi connectivity index (χ0n) is 14.2. The summed E-state index contributed by atoms with van der Waals surface area (Å²) in [6.07, 6.45) is 0.894. The van der Waals surface area contributed by atoms with Crippen molar-refractivity contribution >= 4 is 50.1 Å². The summed E-state index contributed by atoms with van der Waals surface area (Å²) in [7, 11) is 0. The van der Waals surface area contributed by atoms with Gasteiger partial charge in [-0.25, -0.2) is 4.98 Å². The molecule has 1 aliphatic rings. The van der Waals surface area contributed by atoms with Gasteiger partial charge in [-0.2, -0.15) is 0 Å². The van der Waals surface area contributed by atoms with Crippen LogP contribution in [-0.4, -0.2) is 21.8 Å². The first-order valence-electron chi connectivity index (χ1n) is 8.27. The number of carbonyl (C=O) groups excluding carboxylic acids is 1. The van der Waals surface area contributed by atoms with Crippen LogP contribution in [-0.2, 0) is 5.54 Å². The van der Waals surface area contributed by atoms with E-state index in [2.05, 4.69) is 22.2 Å². The van der Waals surface area contributed by atoms with Gasteiger partial charge in [0.05, 0.1) is 21.3 Å². The number of thiazole rings is 1. The monoisotopic (exact) mass is 382 g/mol. The van der Waals surface area contributed by atoms with Gasteiger partial charge in [0.25, 0.3) is 5.91 Å². The minimum absolute atomic E-state index is 0.138. The van der Waals surface area contributed by atoms with Crippen molar-refractivity contribution in [3.8, 4) is 0 Å². The molecular weight excluding hydrogens is 364 g/mol. The zero-order chi connectivity index (χ0) is 18.1. The fraction of sp³-hybridized carbons (Fsp3) is 0.211. The highest BCUT2D eigenvalue weighted by Gasteiger charge is 2.29. The molecule has 0 radical (unpaired) electrons. The molecule has 0 aliphatic carbocycles. The normalized spacial score (nSPS) is 20.0. The number of aromatic nitrogens is 1. The minimum Gasteiger partial charge on any atom is -0.379 e. The molecule has 132 valence electrons. The third-order valence-electron chi connectivity index (χ3n) is 4.53. The van der Waals surface area contributed by atoms with Crippen molar-refractivity contribution in [3.63, 3.8) is 0 Å². The van der Waals surface area contributed by atoms with Crippen LogP contribution in [0.15, 0.2) is 53.0 Å². The van der Waals surface area contributed by atoms with Crippen molar-refractivity contribution in [2.45, 2.75) is 18.9 Å². The third kappa shape index (κ3) is 3.32. The summed E-state index contributed by atoms with van der Waals surface area (Å²) in [6.45, 7) is 2.06. The quantitative estimate of drug-likeness (QED) is 0.711. The van der Waals surface area contributed by atoms with E-state index in [-0.39, 0.29) is 11.4 Å². The van der Waals surface area contributed by atoms with Crippen LogP contribution < -0.4 is 11.1 Å². The van der Waals surface area contributed by atoms with Gasteiger partial charge in [0.15, 0.2) is 5.17 Å². The molecule has 1 aromatic heterocycles. The smallest absolute Gasteiger partial charge is 0.255 e. The van der Waals surface area contributed by atoms with Crippen LogP contribution in [0.3, 0.4) is 0 Å². The van der Waals surface area contributed by atoms with E-state index in [0.29, 0.717) is 10.7 Å². The number of amides is 1. The molecule has 4 rings (SSSR count). The Morgan fingerprint density at radius 1 is 1.27 bits per heavy atom. The molecule has 0 saturated heterocycles. The lowest BCUT2D eigenvalue weighted by Gasteiger charge is -2.30. The Balaban J connectivity index is 1.59. The van der Waals surface area contributed by atoms with Crippen LogP contribution >= 0.6 is 23.1 Å². The van der Waals surface area contributed by atoms with Crippen LogP contribution in [0.2, 0.25) is 0 Å². The fourth-order valence-corrected chi connectivity index (χ4v) is 4.72. The van der Waals surface area contributed by atoms with Crippen molar-refractivity contribution < 1.29 is 4.79 Å². The van der Waals surface area contributed by atoms with Crippen LogP contribution in [0, 0.1) is 0 Å². The second-order valence-electron chi connectivity index (χ2n) is 6.39. The maximum absolute atomic E-state index is 12.7. The molecule has 5 nitrogen and oxygen atoms in total. The molecular formula is C19H18N4OS2. The third-order valence-corrected chi connectivity index (χ3v) is 6.12. The Kier molecular flexibility index (Phi) is 4.42. The molecule has 2 aromatic carbocycles. The number of hydrogen-bond acceptors (Lipinski definition) is 6. The van der Waals surface area contributed by atoms with E-state index in [0.717, 1.165) is 33.6 Å². The predicted molar refractivity (Wildman–Crippen MR) is 110 cm³/mol. The number of aliphatic imine (C=N–C) groups is 1. The largest absolute Gasteiger partial charge is 0.379 e. The van der Waals surface area contributed by atoms with Crippen molar-refractivity contribution in [1.82, 2.24) is 4.98 Å². The molecule has 3 aromatic rings. The zero-order valence-corrected chi connectivity index (χ0v) is 15.9. The second-order valence-corrected chi connectivity index (χ2v) is 8.39. The molecule has 1 atom stereocenters. The number of amidine groups is 1. The number of rotatable bonds is 3. The summed E-state index contributed by atoms with van der Waals surface area (Å²) in [5, 5.41) is 3.57. The van der Waals surface area contributed by atoms with Crippen molar-refractivity contribution in [2.24, 2.45) is 10.7 Å². The van der Waals surface area contributed by atoms with Crippen LogP contribution in [0.5, 0.6) is 0 Å². The predicted octanol–water partition coefficient (Wildman–Crippen LogP) is 4.22. The van der Waals surface area contributed by atoms with E-state index in [4.69, 9.17) is 5.73 Å². The van der Waals surface area contributed by atoms with E-state index >= 15 is 0 Å². The number of anilines is 1. The summed E-state index contributed by atoms with van der Waals surface area (Å²) < 4.78 is 1.05. The summed E-state index contributed by atoms with van der Waals surface area (Å²) in [4.78, 5) is 21.6. The maximum Gasteiger partial charge on any atom is 0.255 e. The number of nitrogens with one attached hydrogen (secondary N) is 1. The highest BCUT2D eigenvalue weighted by atomic mass is 32.2. The van der Waals surface area contributed by atoms with Crippen LogP contribution in [0.1, 0.15) is 29.3 Å². The Bertz CT molecular complexity index is 1010. The van der Waals surface area contributed by atoms with E-state index in [1.165, 1.54) is 0 Å². The van der Waals surface area contributed by atoms with E-state index in [1.807, 2.05) is 42.5 Å². The number of nitrogens with two attached hydrogens (primary N) is 1. The lowest BCUT2D eigenvalue weighted by atomic mass is 9.88. The van der Waals surface area contributed by atoms with Gasteiger partial charge in [-0.15, -0.1) is 11.3 Å². The summed E-state index contributed by atoms with van der Waals surface area (Å²) in [5.41, 5.74) is 10.7. The topological polar surface area (TPSA) is 80.4 Å². The lowest BCUT2D eigenvalue weighted by molar-refractivity contribution is 0.102. The molecule has 7 heteroatoms. The number of hydrogen-bond donors (Lipinski definition) is 2. The molecule has 3 N–H and O–H groups in total. The highest BCUT2D eigenvalue weighted by molar-refractivity contribution is 8.13. The van der Waals surface area contributed by atoms with E-state index < -0.39 is 0 Å². The van der Waals surface area contributed by atoms with Gasteiger partial charge in [0.2, 0.25) is 0 Å². The Morgan fingerprint density at radius 2 is 2.15 bits per heavy atom. The number of nitrogens with zero attached hydrogens (tertiary/aromatic N) is 2. The fourth-order valence-electron chi connectivity index (χ4n) is 3.03. The first-order chi connectivity index (χ1) is 12.5. The van der Waals surface area contributed by atoms with Gasteiger partial charge in [0.1, 0.15) is 0 Å². The van der Waals surface area contributed by atoms with E-state index in [1.54, 1.807) is 28.6 Å². The molecule has 0 spiro atoms. The first-order valence-corrected chi connectivity index (χ1v) is 10.1. The molecule has 0 saturated carbocycles. The van der Waals surface area contributed by atoms with Crippen molar-refractivity contribution in [2.75, 3.05) is 11.1 Å². The molecule has 0 fully saturated rings. The number of carbonyl (C=O) groups is 1. The molecule has 26 heavy (non-hydrogen) atoms. The molecule has 2 heterocycles. The highest BCUT2D eigenvalue weighted by Crippen LogP contribution is 2.35. The van der Waals surface area contributed by atoms with E-state index in [9.17, 15) is 4.79 Å². The van der Waals surface area contributed by atoms with Crippen LogP contribution in [0.4, 0.5) is 5.69 Å². The maximum atomic E-state index is 12.7. The molecule has 1 aliphatic heterocycles. The molecule has 1 unspecified atom stereocenters. The molecule has 1 amide bonds. The Labute approximate surface area is 159 Å². The standard InChI is InChI=1S/C19H18N4OS2/c1-19(7-8-25-18(20)23-19)13-4-2-3-12(9-13)17(24)22-14-5-6-15-16(10-14)26-11-21-15/h2-6,9-11H,7-8H2,1H3,(H2,20,23)(H,22,24). The SMILES string of the molecule is CC1(c2cccc(C(=O)Nc3ccc4ncsc4c3)c2)CCSC(N)=N1. The number of benzene rings is 2. The lowest BCUT2D eigenvalue weighted by Crippen LogP contribution is -2.29. The van der Waals surface area contributed by atoms with Crippen molar-refractivity contribution in [3.05, 3.63) is 59.1 Å². The average molecular weight is 383 g/mol. The van der Waals surface area contributed by atoms with Gasteiger partial charge in [-0.05, 0) is 49.2 Å². The van der Waals surface area contributed by atoms with Gasteiger partial charge < -0.3 is 11.1 Å². The van der Waals surface area contributed by atoms with Gasteiger partial charge in [0, 0.05) is 17.0 Å². The summed E-state index contributed by atoms with van der Waals surface area (Å²) in [5.74, 6) is 0.790. The van der Waals surface area contributed by atoms with Crippen molar-refractivity contribution in [1.29, 1.82) is 0 Å². The summed E-state index contributed by atoms with van der Waals surface area (Å²) >= 11 is 3.13. The Morgan fingerprint density at radius 3 is 3.00 bits per heavy atom. The first kappa shape index (κ1) is 17.1. The minimum atomic E-state index is -0.382. The van der Waals surface area contributed by atoms with Gasteiger partial charge in [-0.3, -0.25) is 9.79 Å². The number of fused-ring (bicyclic) bond motifs is 1. The van der Waals surface area contributed by atoms with Gasteiger partial charge >= 0.3 is 0 Å². The molecule has 0 bridgehead atoms. The van der Waals surface area contributed by atoms with Gasteiger partial charge in [-0.1, -0.05) is 23.9 Å². The summed E-state index contributed by atoms with van der Waals surface area (Å²) in [6, 6.07) is 13.4. The second kappa shape index (κ2) is 6.74. The Hall–Kier alpha value is -2.38. The van der Waals surface area contributed by atoms with Crippen LogP contribution in [0.25, 0.3) is 10.2 Å². The number of thioether (sulfide) groups is 1. The average Bonchev–Trinajstić information content (AvgIpc) is 3.09.